The predicted molar refractivity (Wildman–Crippen MR) is 77.1 cm³/mol. The van der Waals surface area contributed by atoms with Crippen molar-refractivity contribution in [2.24, 2.45) is 0 Å². The van der Waals surface area contributed by atoms with E-state index in [4.69, 9.17) is 4.52 Å². The van der Waals surface area contributed by atoms with Gasteiger partial charge in [0.25, 0.3) is 0 Å². The van der Waals surface area contributed by atoms with E-state index in [0.717, 1.165) is 11.3 Å². The zero-order chi connectivity index (χ0) is 15.5. The van der Waals surface area contributed by atoms with Gasteiger partial charge < -0.3 is 14.6 Å². The molecule has 0 saturated carbocycles. The fourth-order valence-electron chi connectivity index (χ4n) is 2.07. The van der Waals surface area contributed by atoms with Gasteiger partial charge in [-0.05, 0) is 11.8 Å². The van der Waals surface area contributed by atoms with Crippen molar-refractivity contribution in [2.45, 2.75) is 19.9 Å². The van der Waals surface area contributed by atoms with E-state index in [1.54, 1.807) is 11.6 Å². The number of nitrogens with zero attached hydrogens (tertiary/aromatic N) is 5. The van der Waals surface area contributed by atoms with Gasteiger partial charge in [-0.1, -0.05) is 35.5 Å². The molecule has 0 radical (unpaired) electrons. The number of benzene rings is 1. The van der Waals surface area contributed by atoms with Crippen molar-refractivity contribution in [3.63, 3.8) is 0 Å². The maximum Gasteiger partial charge on any atom is 0.390 e. The SMILES string of the molecule is Cc1cc([N+](=O)[O-])nn1CCc1nc(-c2ccccc2)no1. The molecule has 3 aromatic rings. The molecule has 3 rings (SSSR count). The highest BCUT2D eigenvalue weighted by atomic mass is 16.6. The molecule has 0 atom stereocenters. The highest BCUT2D eigenvalue weighted by Gasteiger charge is 2.16. The second-order valence-corrected chi connectivity index (χ2v) is 4.75. The molecule has 8 heteroatoms. The molecule has 0 saturated heterocycles. The summed E-state index contributed by atoms with van der Waals surface area (Å²) in [6.07, 6.45) is 0.458. The minimum absolute atomic E-state index is 0.159. The Morgan fingerprint density at radius 3 is 2.77 bits per heavy atom. The van der Waals surface area contributed by atoms with Gasteiger partial charge in [-0.25, -0.2) is 0 Å². The van der Waals surface area contributed by atoms with Gasteiger partial charge in [-0.2, -0.15) is 9.67 Å². The smallest absolute Gasteiger partial charge is 0.358 e. The van der Waals surface area contributed by atoms with Crippen LogP contribution in [-0.2, 0) is 13.0 Å². The summed E-state index contributed by atoms with van der Waals surface area (Å²) < 4.78 is 6.76. The molecule has 22 heavy (non-hydrogen) atoms. The molecule has 2 heterocycles. The van der Waals surface area contributed by atoms with Crippen molar-refractivity contribution in [3.8, 4) is 11.4 Å². The molecule has 0 aliphatic heterocycles. The Labute approximate surface area is 125 Å². The number of hydrogen-bond donors (Lipinski definition) is 0. The minimum atomic E-state index is -0.510. The topological polar surface area (TPSA) is 99.9 Å². The summed E-state index contributed by atoms with van der Waals surface area (Å²) in [5.41, 5.74) is 1.60. The molecule has 1 aromatic carbocycles. The van der Waals surface area contributed by atoms with Crippen LogP contribution in [0, 0.1) is 17.0 Å². The largest absolute Gasteiger partial charge is 0.390 e. The van der Waals surface area contributed by atoms with E-state index >= 15 is 0 Å². The summed E-state index contributed by atoms with van der Waals surface area (Å²) in [4.78, 5) is 14.5. The zero-order valence-corrected chi connectivity index (χ0v) is 11.8. The van der Waals surface area contributed by atoms with Crippen molar-refractivity contribution in [3.05, 3.63) is 58.1 Å². The quantitative estimate of drug-likeness (QED) is 0.529. The van der Waals surface area contributed by atoms with Gasteiger partial charge in [-0.15, -0.1) is 0 Å². The Morgan fingerprint density at radius 2 is 2.09 bits per heavy atom. The number of hydrogen-bond acceptors (Lipinski definition) is 6. The van der Waals surface area contributed by atoms with Crippen molar-refractivity contribution in [1.82, 2.24) is 19.9 Å². The third-order valence-corrected chi connectivity index (χ3v) is 3.19. The van der Waals surface area contributed by atoms with Crippen LogP contribution in [-0.4, -0.2) is 24.8 Å². The first-order valence-corrected chi connectivity index (χ1v) is 6.70. The monoisotopic (exact) mass is 299 g/mol. The highest BCUT2D eigenvalue weighted by molar-refractivity contribution is 5.53. The van der Waals surface area contributed by atoms with E-state index in [-0.39, 0.29) is 5.82 Å². The Bertz CT molecular complexity index is 794. The van der Waals surface area contributed by atoms with Crippen molar-refractivity contribution in [1.29, 1.82) is 0 Å². The van der Waals surface area contributed by atoms with E-state index in [0.29, 0.717) is 24.7 Å². The van der Waals surface area contributed by atoms with Gasteiger partial charge in [-0.3, -0.25) is 0 Å². The Balaban J connectivity index is 1.70. The number of rotatable bonds is 5. The van der Waals surface area contributed by atoms with Crippen LogP contribution in [0.25, 0.3) is 11.4 Å². The molecular formula is C14H13N5O3. The number of aryl methyl sites for hydroxylation is 3. The van der Waals surface area contributed by atoms with Crippen molar-refractivity contribution >= 4 is 5.82 Å². The highest BCUT2D eigenvalue weighted by Crippen LogP contribution is 2.16. The summed E-state index contributed by atoms with van der Waals surface area (Å²) >= 11 is 0. The second kappa shape index (κ2) is 5.76. The first-order chi connectivity index (χ1) is 10.6. The average Bonchev–Trinajstić information content (AvgIpc) is 3.13. The molecule has 8 nitrogen and oxygen atoms in total. The van der Waals surface area contributed by atoms with E-state index in [1.165, 1.54) is 6.07 Å². The summed E-state index contributed by atoms with van der Waals surface area (Å²) in [5.74, 6) is 0.836. The number of nitro groups is 1. The molecule has 0 spiro atoms. The van der Waals surface area contributed by atoms with E-state index in [2.05, 4.69) is 15.2 Å². The lowest BCUT2D eigenvalue weighted by atomic mass is 10.2. The molecule has 0 aliphatic carbocycles. The Morgan fingerprint density at radius 1 is 1.32 bits per heavy atom. The molecular weight excluding hydrogens is 286 g/mol. The van der Waals surface area contributed by atoms with Gasteiger partial charge in [0.1, 0.15) is 0 Å². The first-order valence-electron chi connectivity index (χ1n) is 6.70. The van der Waals surface area contributed by atoms with Crippen LogP contribution < -0.4 is 0 Å². The minimum Gasteiger partial charge on any atom is -0.358 e. The van der Waals surface area contributed by atoms with Crippen molar-refractivity contribution in [2.75, 3.05) is 0 Å². The van der Waals surface area contributed by atoms with Crippen LogP contribution in [0.2, 0.25) is 0 Å². The number of aromatic nitrogens is 4. The van der Waals surface area contributed by atoms with Gasteiger partial charge >= 0.3 is 5.82 Å². The third kappa shape index (κ3) is 2.85. The third-order valence-electron chi connectivity index (χ3n) is 3.19. The standard InChI is InChI=1S/C14H13N5O3/c1-10-9-12(19(20)21)16-18(10)8-7-13-15-14(17-22-13)11-5-3-2-4-6-11/h2-6,9H,7-8H2,1H3. The lowest BCUT2D eigenvalue weighted by molar-refractivity contribution is -0.389. The van der Waals surface area contributed by atoms with Crippen LogP contribution in [0.5, 0.6) is 0 Å². The van der Waals surface area contributed by atoms with Crippen LogP contribution >= 0.6 is 0 Å². The second-order valence-electron chi connectivity index (χ2n) is 4.75. The van der Waals surface area contributed by atoms with E-state index in [9.17, 15) is 10.1 Å². The summed E-state index contributed by atoms with van der Waals surface area (Å²) in [6.45, 7) is 2.21. The maximum atomic E-state index is 10.7. The zero-order valence-electron chi connectivity index (χ0n) is 11.8. The average molecular weight is 299 g/mol. The molecule has 112 valence electrons. The molecule has 0 fully saturated rings. The summed E-state index contributed by atoms with van der Waals surface area (Å²) in [6, 6.07) is 10.9. The summed E-state index contributed by atoms with van der Waals surface area (Å²) in [5, 5.41) is 18.5. The lowest BCUT2D eigenvalue weighted by Crippen LogP contribution is -2.05. The lowest BCUT2D eigenvalue weighted by Gasteiger charge is -1.95. The van der Waals surface area contributed by atoms with Gasteiger partial charge in [0.05, 0.1) is 23.4 Å². The van der Waals surface area contributed by atoms with Crippen LogP contribution in [0.3, 0.4) is 0 Å². The molecule has 2 aromatic heterocycles. The first kappa shape index (κ1) is 13.9. The fraction of sp³-hybridized carbons (Fsp3) is 0.214. The Kier molecular flexibility index (Phi) is 3.65. The molecule has 0 N–H and O–H groups in total. The Hall–Kier alpha value is -3.03. The van der Waals surface area contributed by atoms with E-state index < -0.39 is 4.92 Å². The predicted octanol–water partition coefficient (Wildman–Crippen LogP) is 2.39. The summed E-state index contributed by atoms with van der Waals surface area (Å²) in [7, 11) is 0. The van der Waals surface area contributed by atoms with Gasteiger partial charge in [0, 0.05) is 12.0 Å². The molecule has 0 amide bonds. The van der Waals surface area contributed by atoms with E-state index in [1.807, 2.05) is 30.3 Å². The molecule has 0 bridgehead atoms. The van der Waals surface area contributed by atoms with Gasteiger partial charge in [0.15, 0.2) is 0 Å². The van der Waals surface area contributed by atoms with Gasteiger partial charge in [0.2, 0.25) is 11.7 Å². The maximum absolute atomic E-state index is 10.7. The van der Waals surface area contributed by atoms with Crippen LogP contribution in [0.4, 0.5) is 5.82 Å². The van der Waals surface area contributed by atoms with Crippen molar-refractivity contribution < 1.29 is 9.45 Å². The van der Waals surface area contributed by atoms with Crippen LogP contribution in [0.15, 0.2) is 40.9 Å². The normalized spacial score (nSPS) is 10.8. The van der Waals surface area contributed by atoms with Crippen LogP contribution in [0.1, 0.15) is 11.6 Å². The molecule has 0 unspecified atom stereocenters. The molecule has 0 aliphatic rings. The fourth-order valence-corrected chi connectivity index (χ4v) is 2.07.